The van der Waals surface area contributed by atoms with E-state index in [1.165, 1.54) is 26.0 Å². The molecule has 5 aliphatic rings. The van der Waals surface area contributed by atoms with Gasteiger partial charge in [0.15, 0.2) is 23.3 Å². The van der Waals surface area contributed by atoms with Gasteiger partial charge in [0.2, 0.25) is 6.29 Å². The van der Waals surface area contributed by atoms with E-state index in [9.17, 15) is 19.5 Å². The molecule has 4 aliphatic carbocycles. The molecular weight excluding hydrogens is 530 g/mol. The molecule has 2 unspecified atom stereocenters. The van der Waals surface area contributed by atoms with Crippen LogP contribution in [0.3, 0.4) is 0 Å². The fourth-order valence-electron chi connectivity index (χ4n) is 8.28. The van der Waals surface area contributed by atoms with Crippen LogP contribution in [-0.2, 0) is 33.3 Å². The van der Waals surface area contributed by atoms with Crippen LogP contribution >= 0.6 is 0 Å². The van der Waals surface area contributed by atoms with Gasteiger partial charge in [-0.25, -0.2) is 18.4 Å². The third kappa shape index (κ3) is 3.83. The molecule has 11 atom stereocenters. The predicted molar refractivity (Wildman–Crippen MR) is 135 cm³/mol. The number of ketones is 1. The average Bonchev–Trinajstić information content (AvgIpc) is 3.35. The molecule has 11 heteroatoms. The first-order valence-electron chi connectivity index (χ1n) is 14.1. The maximum Gasteiger partial charge on any atom is 0.511 e. The Balaban J connectivity index is 1.53. The maximum absolute atomic E-state index is 17.5. The number of alkyl halides is 2. The Kier molecular flexibility index (Phi) is 7.19. The summed E-state index contributed by atoms with van der Waals surface area (Å²) >= 11 is 0. The predicted octanol–water partition coefficient (Wildman–Crippen LogP) is 4.26. The molecule has 1 aliphatic heterocycles. The lowest BCUT2D eigenvalue weighted by molar-refractivity contribution is -0.247. The van der Waals surface area contributed by atoms with Gasteiger partial charge in [-0.15, -0.1) is 0 Å². The molecule has 0 amide bonds. The van der Waals surface area contributed by atoms with Gasteiger partial charge >= 0.3 is 12.1 Å². The lowest BCUT2D eigenvalue weighted by atomic mass is 9.44. The molecule has 0 aromatic heterocycles. The zero-order valence-corrected chi connectivity index (χ0v) is 23.5. The van der Waals surface area contributed by atoms with E-state index in [2.05, 4.69) is 0 Å². The van der Waals surface area contributed by atoms with Gasteiger partial charge < -0.3 is 28.8 Å². The standard InChI is InChI=1S/C29H38F2O9/c1-6-8-23-39-22-13-17-18-12-20(30)19-11-16(32)9-10-26(19,4)28(18,31)21(33)14-27(17,5)29(22,40-23)24(34)37-15(3)38-25(35)36-7-2/h9-11,15,17-18,20-23,33H,6-8,12-14H2,1-5H3/t15?,17-,18-,20-,21-,22+,23?,26-,27-,28-,29-/m0/s1. The van der Waals surface area contributed by atoms with Crippen molar-refractivity contribution in [2.45, 2.75) is 109 Å². The van der Waals surface area contributed by atoms with E-state index in [-0.39, 0.29) is 31.4 Å². The van der Waals surface area contributed by atoms with Crippen molar-refractivity contribution in [1.29, 1.82) is 0 Å². The van der Waals surface area contributed by atoms with Crippen molar-refractivity contribution >= 4 is 17.9 Å². The second kappa shape index (κ2) is 9.87. The number of ether oxygens (including phenoxy) is 5. The van der Waals surface area contributed by atoms with Crippen molar-refractivity contribution in [2.75, 3.05) is 6.61 Å². The van der Waals surface area contributed by atoms with Crippen LogP contribution in [0.1, 0.15) is 66.7 Å². The third-order valence-electron chi connectivity index (χ3n) is 10.0. The normalized spacial score (nSPS) is 45.9. The number of hydrogen-bond acceptors (Lipinski definition) is 9. The van der Waals surface area contributed by atoms with E-state index in [0.717, 1.165) is 6.08 Å². The molecule has 222 valence electrons. The fourth-order valence-corrected chi connectivity index (χ4v) is 8.28. The minimum absolute atomic E-state index is 0.0224. The monoisotopic (exact) mass is 568 g/mol. The van der Waals surface area contributed by atoms with E-state index in [4.69, 9.17) is 23.7 Å². The van der Waals surface area contributed by atoms with E-state index in [1.54, 1.807) is 13.8 Å². The second-order valence-electron chi connectivity index (χ2n) is 12.1. The number of carbonyl (C=O) groups is 3. The van der Waals surface area contributed by atoms with Crippen molar-refractivity contribution < 1.29 is 52.0 Å². The number of rotatable bonds is 6. The van der Waals surface area contributed by atoms with Crippen LogP contribution in [0.15, 0.2) is 23.8 Å². The largest absolute Gasteiger partial charge is 0.511 e. The maximum atomic E-state index is 17.5. The summed E-state index contributed by atoms with van der Waals surface area (Å²) in [6, 6.07) is 0. The number of fused-ring (bicyclic) bond motifs is 7. The van der Waals surface area contributed by atoms with Crippen LogP contribution < -0.4 is 0 Å². The van der Waals surface area contributed by atoms with Crippen LogP contribution in [-0.4, -0.2) is 71.9 Å². The van der Waals surface area contributed by atoms with Crippen molar-refractivity contribution in [1.82, 2.24) is 0 Å². The molecule has 1 heterocycles. The summed E-state index contributed by atoms with van der Waals surface area (Å²) in [4.78, 5) is 37.9. The molecule has 0 radical (unpaired) electrons. The Morgan fingerprint density at radius 3 is 2.60 bits per heavy atom. The Labute approximate surface area is 232 Å². The van der Waals surface area contributed by atoms with Crippen LogP contribution in [0.5, 0.6) is 0 Å². The molecule has 40 heavy (non-hydrogen) atoms. The van der Waals surface area contributed by atoms with Crippen LogP contribution in [0.4, 0.5) is 13.6 Å². The molecule has 9 nitrogen and oxygen atoms in total. The first-order valence-corrected chi connectivity index (χ1v) is 14.1. The number of hydrogen-bond donors (Lipinski definition) is 1. The van der Waals surface area contributed by atoms with Gasteiger partial charge in [-0.3, -0.25) is 4.79 Å². The molecule has 0 aromatic carbocycles. The Morgan fingerprint density at radius 1 is 1.20 bits per heavy atom. The molecular formula is C29H38F2O9. The van der Waals surface area contributed by atoms with E-state index in [0.29, 0.717) is 12.8 Å². The summed E-state index contributed by atoms with van der Waals surface area (Å²) in [5, 5.41) is 11.6. The van der Waals surface area contributed by atoms with Gasteiger partial charge in [0.1, 0.15) is 12.3 Å². The molecule has 0 aromatic rings. The second-order valence-corrected chi connectivity index (χ2v) is 12.1. The van der Waals surface area contributed by atoms with Gasteiger partial charge in [-0.05, 0) is 63.2 Å². The number of halogens is 2. The first kappa shape index (κ1) is 29.1. The van der Waals surface area contributed by atoms with E-state index >= 15 is 8.78 Å². The molecule has 1 N–H and O–H groups in total. The lowest BCUT2D eigenvalue weighted by Gasteiger charge is -2.62. The zero-order chi connectivity index (χ0) is 29.3. The summed E-state index contributed by atoms with van der Waals surface area (Å²) in [7, 11) is 0. The minimum atomic E-state index is -2.31. The fraction of sp³-hybridized carbons (Fsp3) is 0.759. The van der Waals surface area contributed by atoms with Crippen molar-refractivity contribution in [3.8, 4) is 0 Å². The number of aliphatic hydroxyl groups excluding tert-OH is 1. The SMILES string of the molecule is CCCC1O[C@@H]2C[C@H]3[C@@H]4C[C@H](F)C5=CC(=O)C=C[C@]5(C)[C@@]4(F)[C@@H](O)C[C@]3(C)[C@]2(C(=O)OC(C)OC(=O)OCC)O1. The number of carbonyl (C=O) groups excluding carboxylic acids is 3. The minimum Gasteiger partial charge on any atom is -0.435 e. The van der Waals surface area contributed by atoms with E-state index < -0.39 is 82.8 Å². The summed E-state index contributed by atoms with van der Waals surface area (Å²) in [6.07, 6.45) is -2.56. The highest BCUT2D eigenvalue weighted by molar-refractivity contribution is 6.01. The summed E-state index contributed by atoms with van der Waals surface area (Å²) in [5.74, 6) is -2.94. The van der Waals surface area contributed by atoms with E-state index in [1.807, 2.05) is 6.92 Å². The highest BCUT2D eigenvalue weighted by Gasteiger charge is 2.81. The van der Waals surface area contributed by atoms with Gasteiger partial charge in [-0.1, -0.05) is 26.3 Å². The molecule has 0 bridgehead atoms. The first-order chi connectivity index (χ1) is 18.8. The molecule has 5 rings (SSSR count). The lowest BCUT2D eigenvalue weighted by Crippen LogP contribution is -2.71. The quantitative estimate of drug-likeness (QED) is 0.371. The van der Waals surface area contributed by atoms with Gasteiger partial charge in [-0.2, -0.15) is 0 Å². The van der Waals surface area contributed by atoms with Crippen molar-refractivity contribution in [2.24, 2.45) is 22.7 Å². The average molecular weight is 569 g/mol. The summed E-state index contributed by atoms with van der Waals surface area (Å²) in [6.45, 7) is 8.22. The van der Waals surface area contributed by atoms with Crippen molar-refractivity contribution in [3.63, 3.8) is 0 Å². The summed E-state index contributed by atoms with van der Waals surface area (Å²) < 4.78 is 61.1. The molecule has 1 saturated heterocycles. The molecule has 3 saturated carbocycles. The van der Waals surface area contributed by atoms with Gasteiger partial charge in [0, 0.05) is 23.7 Å². The van der Waals surface area contributed by atoms with Gasteiger partial charge in [0.25, 0.3) is 0 Å². The highest BCUT2D eigenvalue weighted by atomic mass is 19.1. The number of allylic oxidation sites excluding steroid dienone is 4. The third-order valence-corrected chi connectivity index (χ3v) is 10.0. The van der Waals surface area contributed by atoms with Gasteiger partial charge in [0.05, 0.1) is 12.7 Å². The van der Waals surface area contributed by atoms with Crippen LogP contribution in [0.25, 0.3) is 0 Å². The highest BCUT2D eigenvalue weighted by Crippen LogP contribution is 2.72. The van der Waals surface area contributed by atoms with Crippen molar-refractivity contribution in [3.05, 3.63) is 23.8 Å². The van der Waals surface area contributed by atoms with Crippen LogP contribution in [0.2, 0.25) is 0 Å². The topological polar surface area (TPSA) is 118 Å². The Bertz CT molecular complexity index is 1140. The Hall–Kier alpha value is -2.37. The number of esters is 1. The number of aliphatic hydroxyl groups is 1. The molecule has 4 fully saturated rings. The smallest absolute Gasteiger partial charge is 0.435 e. The van der Waals surface area contributed by atoms with Crippen LogP contribution in [0, 0.1) is 22.7 Å². The zero-order valence-electron chi connectivity index (χ0n) is 23.5. The Morgan fingerprint density at radius 2 is 1.93 bits per heavy atom. The summed E-state index contributed by atoms with van der Waals surface area (Å²) in [5.41, 5.74) is -6.81. The molecule has 0 spiro atoms.